The molecule has 2 aliphatic heterocycles. The van der Waals surface area contributed by atoms with Crippen molar-refractivity contribution in [2.24, 2.45) is 0 Å². The number of piperazine rings is 1. The molecule has 1 aromatic rings. The summed E-state index contributed by atoms with van der Waals surface area (Å²) in [5, 5.41) is 2.96. The van der Waals surface area contributed by atoms with E-state index in [-0.39, 0.29) is 11.8 Å². The van der Waals surface area contributed by atoms with Gasteiger partial charge in [-0.15, -0.1) is 11.3 Å². The van der Waals surface area contributed by atoms with Crippen LogP contribution in [0.25, 0.3) is 0 Å². The molecule has 0 radical (unpaired) electrons. The van der Waals surface area contributed by atoms with E-state index in [1.54, 1.807) is 11.3 Å². The first-order valence-electron chi connectivity index (χ1n) is 9.31. The van der Waals surface area contributed by atoms with Crippen LogP contribution < -0.4 is 0 Å². The van der Waals surface area contributed by atoms with Gasteiger partial charge in [0.2, 0.25) is 11.8 Å². The summed E-state index contributed by atoms with van der Waals surface area (Å²) in [5.74, 6) is 0.392. The Morgan fingerprint density at radius 2 is 1.60 bits per heavy atom. The molecule has 138 valence electrons. The van der Waals surface area contributed by atoms with Crippen molar-refractivity contribution < 1.29 is 9.59 Å². The smallest absolute Gasteiger partial charge is 0.236 e. The van der Waals surface area contributed by atoms with Crippen molar-refractivity contribution >= 4 is 23.2 Å². The topological polar surface area (TPSA) is 56.8 Å². The van der Waals surface area contributed by atoms with Crippen LogP contribution in [0.4, 0.5) is 0 Å². The van der Waals surface area contributed by atoms with Crippen molar-refractivity contribution in [1.82, 2.24) is 19.7 Å². The molecule has 25 heavy (non-hydrogen) atoms. The number of likely N-dealkylation sites (tertiary alicyclic amines) is 1. The zero-order valence-corrected chi connectivity index (χ0v) is 15.9. The molecule has 3 rings (SSSR count). The number of carbonyl (C=O) groups is 2. The molecule has 1 aromatic heterocycles. The zero-order chi connectivity index (χ0) is 17.6. The molecule has 2 aliphatic rings. The van der Waals surface area contributed by atoms with Gasteiger partial charge in [-0.25, -0.2) is 4.98 Å². The highest BCUT2D eigenvalue weighted by atomic mass is 32.1. The van der Waals surface area contributed by atoms with Gasteiger partial charge in [-0.05, 0) is 19.8 Å². The monoisotopic (exact) mass is 364 g/mol. The molecule has 0 aromatic carbocycles. The van der Waals surface area contributed by atoms with E-state index < -0.39 is 0 Å². The molecule has 0 bridgehead atoms. The lowest BCUT2D eigenvalue weighted by atomic mass is 10.2. The molecule has 6 nitrogen and oxygen atoms in total. The molecular formula is C18H28N4O2S. The quantitative estimate of drug-likeness (QED) is 0.813. The molecule has 7 heteroatoms. The van der Waals surface area contributed by atoms with E-state index in [0.29, 0.717) is 26.1 Å². The summed E-state index contributed by atoms with van der Waals surface area (Å²) < 4.78 is 0. The molecule has 2 saturated heterocycles. The molecule has 0 unspecified atom stereocenters. The Kier molecular flexibility index (Phi) is 6.42. The number of aromatic nitrogens is 1. The van der Waals surface area contributed by atoms with Gasteiger partial charge >= 0.3 is 0 Å². The molecule has 0 saturated carbocycles. The molecule has 3 heterocycles. The first kappa shape index (κ1) is 18.3. The second-order valence-electron chi connectivity index (χ2n) is 6.99. The van der Waals surface area contributed by atoms with E-state index in [9.17, 15) is 9.59 Å². The summed E-state index contributed by atoms with van der Waals surface area (Å²) in [4.78, 5) is 35.3. The summed E-state index contributed by atoms with van der Waals surface area (Å²) in [7, 11) is 0. The Hall–Kier alpha value is -1.47. The van der Waals surface area contributed by atoms with Crippen molar-refractivity contribution in [3.05, 3.63) is 16.1 Å². The highest BCUT2D eigenvalue weighted by Gasteiger charge is 2.24. The first-order chi connectivity index (χ1) is 12.1. The lowest BCUT2D eigenvalue weighted by molar-refractivity contribution is -0.134. The Labute approximate surface area is 153 Å². The fourth-order valence-corrected chi connectivity index (χ4v) is 4.14. The number of rotatable bonds is 4. The average molecular weight is 365 g/mol. The van der Waals surface area contributed by atoms with Crippen LogP contribution in [-0.4, -0.2) is 77.3 Å². The van der Waals surface area contributed by atoms with E-state index in [4.69, 9.17) is 0 Å². The first-order valence-corrected chi connectivity index (χ1v) is 10.2. The maximum atomic E-state index is 12.5. The molecular weight excluding hydrogens is 336 g/mol. The molecule has 2 amide bonds. The minimum Gasteiger partial charge on any atom is -0.342 e. The minimum atomic E-state index is 0.142. The van der Waals surface area contributed by atoms with Crippen molar-refractivity contribution in [2.75, 3.05) is 45.8 Å². The number of thiazole rings is 1. The van der Waals surface area contributed by atoms with Gasteiger partial charge in [-0.2, -0.15) is 0 Å². The summed E-state index contributed by atoms with van der Waals surface area (Å²) in [6.07, 6.45) is 5.12. The molecule has 0 atom stereocenters. The van der Waals surface area contributed by atoms with Crippen molar-refractivity contribution in [3.8, 4) is 0 Å². The third-order valence-electron chi connectivity index (χ3n) is 5.04. The largest absolute Gasteiger partial charge is 0.342 e. The number of nitrogens with zero attached hydrogens (tertiary/aromatic N) is 4. The van der Waals surface area contributed by atoms with E-state index in [0.717, 1.165) is 49.7 Å². The van der Waals surface area contributed by atoms with Gasteiger partial charge in [0.1, 0.15) is 0 Å². The van der Waals surface area contributed by atoms with E-state index >= 15 is 0 Å². The van der Waals surface area contributed by atoms with Crippen LogP contribution in [0.2, 0.25) is 0 Å². The third kappa shape index (κ3) is 5.25. The number of amides is 2. The van der Waals surface area contributed by atoms with Gasteiger partial charge in [0.25, 0.3) is 0 Å². The maximum absolute atomic E-state index is 12.5. The molecule has 0 aliphatic carbocycles. The Balaban J connectivity index is 1.42. The van der Waals surface area contributed by atoms with E-state index in [2.05, 4.69) is 9.88 Å². The molecule has 2 fully saturated rings. The van der Waals surface area contributed by atoms with Crippen molar-refractivity contribution in [1.29, 1.82) is 0 Å². The lowest BCUT2D eigenvalue weighted by Crippen LogP contribution is -2.52. The van der Waals surface area contributed by atoms with Gasteiger partial charge in [0.05, 0.1) is 23.7 Å². The SMILES string of the molecule is Cc1nc(CC(=O)N2CCN(CC(=O)N3CCCCCC3)CC2)cs1. The Bertz CT molecular complexity index is 588. The number of hydrogen-bond acceptors (Lipinski definition) is 5. The minimum absolute atomic E-state index is 0.142. The second kappa shape index (κ2) is 8.76. The van der Waals surface area contributed by atoms with Gasteiger partial charge in [-0.1, -0.05) is 12.8 Å². The van der Waals surface area contributed by atoms with Crippen LogP contribution in [0.1, 0.15) is 36.4 Å². The Morgan fingerprint density at radius 1 is 0.960 bits per heavy atom. The molecule has 0 spiro atoms. The maximum Gasteiger partial charge on any atom is 0.236 e. The van der Waals surface area contributed by atoms with Crippen molar-refractivity contribution in [2.45, 2.75) is 39.0 Å². The van der Waals surface area contributed by atoms with Crippen LogP contribution >= 0.6 is 11.3 Å². The summed E-state index contributed by atoms with van der Waals surface area (Å²) in [6.45, 7) is 7.23. The van der Waals surface area contributed by atoms with Crippen LogP contribution in [0.5, 0.6) is 0 Å². The third-order valence-corrected chi connectivity index (χ3v) is 5.86. The standard InChI is InChI=1S/C18H28N4O2S/c1-15-19-16(14-25-15)12-17(23)22-10-8-20(9-11-22)13-18(24)21-6-4-2-3-5-7-21/h14H,2-13H2,1H3. The normalized spacial score (nSPS) is 19.7. The summed E-state index contributed by atoms with van der Waals surface area (Å²) >= 11 is 1.58. The van der Waals surface area contributed by atoms with Gasteiger partial charge in [0, 0.05) is 44.6 Å². The molecule has 0 N–H and O–H groups in total. The van der Waals surface area contributed by atoms with Crippen LogP contribution in [0.15, 0.2) is 5.38 Å². The van der Waals surface area contributed by atoms with Crippen molar-refractivity contribution in [3.63, 3.8) is 0 Å². The fourth-order valence-electron chi connectivity index (χ4n) is 3.52. The number of hydrogen-bond donors (Lipinski definition) is 0. The van der Waals surface area contributed by atoms with Crippen LogP contribution in [0.3, 0.4) is 0 Å². The highest BCUT2D eigenvalue weighted by Crippen LogP contribution is 2.12. The number of carbonyl (C=O) groups excluding carboxylic acids is 2. The average Bonchev–Trinajstić information content (AvgIpc) is 2.86. The van der Waals surface area contributed by atoms with Crippen LogP contribution in [-0.2, 0) is 16.0 Å². The predicted octanol–water partition coefficient (Wildman–Crippen LogP) is 1.54. The summed E-state index contributed by atoms with van der Waals surface area (Å²) in [6, 6.07) is 0. The fraction of sp³-hybridized carbons (Fsp3) is 0.722. The van der Waals surface area contributed by atoms with Gasteiger partial charge in [0.15, 0.2) is 0 Å². The van der Waals surface area contributed by atoms with E-state index in [1.165, 1.54) is 12.8 Å². The van der Waals surface area contributed by atoms with Gasteiger partial charge in [-0.3, -0.25) is 14.5 Å². The number of aryl methyl sites for hydroxylation is 1. The summed E-state index contributed by atoms with van der Waals surface area (Å²) in [5.41, 5.74) is 0.867. The zero-order valence-electron chi connectivity index (χ0n) is 15.1. The second-order valence-corrected chi connectivity index (χ2v) is 8.05. The predicted molar refractivity (Wildman–Crippen MR) is 98.6 cm³/mol. The van der Waals surface area contributed by atoms with E-state index in [1.807, 2.05) is 22.1 Å². The highest BCUT2D eigenvalue weighted by molar-refractivity contribution is 7.09. The van der Waals surface area contributed by atoms with Gasteiger partial charge < -0.3 is 9.80 Å². The lowest BCUT2D eigenvalue weighted by Gasteiger charge is -2.35. The van der Waals surface area contributed by atoms with Crippen LogP contribution in [0, 0.1) is 6.92 Å². The Morgan fingerprint density at radius 3 is 2.20 bits per heavy atom.